The summed E-state index contributed by atoms with van der Waals surface area (Å²) in [7, 11) is 3.48. The van der Waals surface area contributed by atoms with E-state index in [1.165, 1.54) is 5.56 Å². The molecule has 0 radical (unpaired) electrons. The van der Waals surface area contributed by atoms with E-state index in [-0.39, 0.29) is 30.0 Å². The van der Waals surface area contributed by atoms with Crippen LogP contribution in [0.25, 0.3) is 0 Å². The molecule has 0 aliphatic carbocycles. The molecule has 1 aromatic rings. The summed E-state index contributed by atoms with van der Waals surface area (Å²) in [6, 6.07) is 8.58. The summed E-state index contributed by atoms with van der Waals surface area (Å²) >= 11 is 0. The highest BCUT2D eigenvalue weighted by molar-refractivity contribution is 14.0. The van der Waals surface area contributed by atoms with Crippen LogP contribution in [0, 0.1) is 0 Å². The van der Waals surface area contributed by atoms with Gasteiger partial charge in [0.2, 0.25) is 0 Å². The molecule has 136 valence electrons. The minimum Gasteiger partial charge on any atom is -0.497 e. The number of methoxy groups -OCH3 is 1. The quantitative estimate of drug-likeness (QED) is 0.396. The van der Waals surface area contributed by atoms with Crippen molar-refractivity contribution in [2.45, 2.75) is 13.0 Å². The van der Waals surface area contributed by atoms with Crippen molar-refractivity contribution < 1.29 is 9.47 Å². The van der Waals surface area contributed by atoms with Crippen LogP contribution < -0.4 is 15.4 Å². The lowest BCUT2D eigenvalue weighted by Gasteiger charge is -2.35. The minimum atomic E-state index is 0. The van der Waals surface area contributed by atoms with E-state index in [4.69, 9.17) is 9.47 Å². The average molecular weight is 448 g/mol. The third-order valence-corrected chi connectivity index (χ3v) is 4.02. The normalized spacial score (nSPS) is 16.9. The molecule has 2 rings (SSSR count). The van der Waals surface area contributed by atoms with E-state index in [1.54, 1.807) is 14.2 Å². The molecule has 0 amide bonds. The molecule has 1 aliphatic heterocycles. The minimum absolute atomic E-state index is 0. The first-order valence-electron chi connectivity index (χ1n) is 8.18. The third-order valence-electron chi connectivity index (χ3n) is 4.02. The van der Waals surface area contributed by atoms with E-state index in [0.29, 0.717) is 0 Å². The fourth-order valence-corrected chi connectivity index (χ4v) is 2.75. The summed E-state index contributed by atoms with van der Waals surface area (Å²) in [6.07, 6.45) is 0. The molecular weight excluding hydrogens is 419 g/mol. The van der Waals surface area contributed by atoms with E-state index in [1.807, 2.05) is 12.1 Å². The maximum Gasteiger partial charge on any atom is 0.191 e. The van der Waals surface area contributed by atoms with Crippen LogP contribution in [0.15, 0.2) is 29.3 Å². The number of aliphatic imine (C=N–C) groups is 1. The highest BCUT2D eigenvalue weighted by atomic mass is 127. The van der Waals surface area contributed by atoms with Gasteiger partial charge in [0.05, 0.1) is 26.4 Å². The number of nitrogens with one attached hydrogen (secondary N) is 2. The van der Waals surface area contributed by atoms with Crippen molar-refractivity contribution >= 4 is 29.9 Å². The first-order chi connectivity index (χ1) is 11.3. The van der Waals surface area contributed by atoms with Gasteiger partial charge in [-0.2, -0.15) is 0 Å². The van der Waals surface area contributed by atoms with Gasteiger partial charge in [-0.05, 0) is 24.6 Å². The zero-order valence-electron chi connectivity index (χ0n) is 14.7. The van der Waals surface area contributed by atoms with E-state index in [0.717, 1.165) is 51.1 Å². The Bertz CT molecular complexity index is 490. The molecule has 0 saturated carbocycles. The predicted molar refractivity (Wildman–Crippen MR) is 109 cm³/mol. The molecule has 0 bridgehead atoms. The molecule has 2 N–H and O–H groups in total. The van der Waals surface area contributed by atoms with E-state index < -0.39 is 0 Å². The summed E-state index contributed by atoms with van der Waals surface area (Å²) in [6.45, 7) is 7.17. The topological polar surface area (TPSA) is 58.1 Å². The monoisotopic (exact) mass is 448 g/mol. The van der Waals surface area contributed by atoms with Crippen LogP contribution in [-0.4, -0.2) is 64.4 Å². The van der Waals surface area contributed by atoms with E-state index in [2.05, 4.69) is 39.6 Å². The number of halogens is 1. The molecule has 1 unspecified atom stereocenters. The molecule has 1 fully saturated rings. The van der Waals surface area contributed by atoms with Gasteiger partial charge in [-0.15, -0.1) is 24.0 Å². The number of benzene rings is 1. The Morgan fingerprint density at radius 1 is 1.25 bits per heavy atom. The van der Waals surface area contributed by atoms with Gasteiger partial charge in [-0.25, -0.2) is 0 Å². The van der Waals surface area contributed by atoms with Gasteiger partial charge >= 0.3 is 0 Å². The summed E-state index contributed by atoms with van der Waals surface area (Å²) in [5.41, 5.74) is 1.27. The van der Waals surface area contributed by atoms with Gasteiger partial charge in [-0.3, -0.25) is 9.89 Å². The van der Waals surface area contributed by atoms with Crippen molar-refractivity contribution in [2.75, 3.05) is 53.6 Å². The van der Waals surface area contributed by atoms with Gasteiger partial charge < -0.3 is 20.1 Å². The lowest BCUT2D eigenvalue weighted by molar-refractivity contribution is 0.0170. The average Bonchev–Trinajstić information content (AvgIpc) is 2.62. The van der Waals surface area contributed by atoms with Crippen molar-refractivity contribution in [3.63, 3.8) is 0 Å². The summed E-state index contributed by atoms with van der Waals surface area (Å²) in [5.74, 6) is 1.71. The molecule has 0 spiro atoms. The summed E-state index contributed by atoms with van der Waals surface area (Å²) in [5, 5.41) is 6.66. The number of ether oxygens (including phenoxy) is 2. The standard InChI is InChI=1S/C17H28N4O2.HI/c1-4-19-17(18-2)20-13-16(21-9-11-23-12-10-21)14-5-7-15(22-3)8-6-14;/h5-8,16H,4,9-13H2,1-3H3,(H2,18,19,20);1H. The zero-order valence-corrected chi connectivity index (χ0v) is 17.1. The molecule has 1 aromatic carbocycles. The van der Waals surface area contributed by atoms with Crippen LogP contribution in [-0.2, 0) is 4.74 Å². The molecular formula is C17H29IN4O2. The van der Waals surface area contributed by atoms with Crippen LogP contribution >= 0.6 is 24.0 Å². The van der Waals surface area contributed by atoms with Gasteiger partial charge in [0.25, 0.3) is 0 Å². The molecule has 0 aromatic heterocycles. The highest BCUT2D eigenvalue weighted by Gasteiger charge is 2.22. The van der Waals surface area contributed by atoms with Crippen LogP contribution in [0.2, 0.25) is 0 Å². The van der Waals surface area contributed by atoms with Crippen LogP contribution in [0.3, 0.4) is 0 Å². The molecule has 1 heterocycles. The number of rotatable bonds is 6. The van der Waals surface area contributed by atoms with Crippen molar-refractivity contribution in [1.82, 2.24) is 15.5 Å². The second-order valence-electron chi connectivity index (χ2n) is 5.42. The van der Waals surface area contributed by atoms with Gasteiger partial charge in [-0.1, -0.05) is 12.1 Å². The van der Waals surface area contributed by atoms with Gasteiger partial charge in [0.15, 0.2) is 5.96 Å². The van der Waals surface area contributed by atoms with E-state index in [9.17, 15) is 0 Å². The second kappa shape index (κ2) is 11.5. The largest absolute Gasteiger partial charge is 0.497 e. The van der Waals surface area contributed by atoms with Crippen LogP contribution in [0.1, 0.15) is 18.5 Å². The van der Waals surface area contributed by atoms with E-state index >= 15 is 0 Å². The SMILES string of the molecule is CCNC(=NC)NCC(c1ccc(OC)cc1)N1CCOCC1.I. The fourth-order valence-electron chi connectivity index (χ4n) is 2.75. The maximum atomic E-state index is 5.49. The summed E-state index contributed by atoms with van der Waals surface area (Å²) < 4.78 is 10.8. The Kier molecular flexibility index (Phi) is 10.0. The lowest BCUT2D eigenvalue weighted by Crippen LogP contribution is -2.46. The first-order valence-corrected chi connectivity index (χ1v) is 8.18. The molecule has 1 saturated heterocycles. The zero-order chi connectivity index (χ0) is 16.5. The van der Waals surface area contributed by atoms with Crippen molar-refractivity contribution in [3.8, 4) is 5.75 Å². The number of morpholine rings is 1. The molecule has 1 atom stereocenters. The van der Waals surface area contributed by atoms with Crippen molar-refractivity contribution in [3.05, 3.63) is 29.8 Å². The van der Waals surface area contributed by atoms with Gasteiger partial charge in [0, 0.05) is 33.2 Å². The molecule has 6 nitrogen and oxygen atoms in total. The molecule has 24 heavy (non-hydrogen) atoms. The second-order valence-corrected chi connectivity index (χ2v) is 5.42. The van der Waals surface area contributed by atoms with Crippen molar-refractivity contribution in [2.24, 2.45) is 4.99 Å². The number of nitrogens with zero attached hydrogens (tertiary/aromatic N) is 2. The maximum absolute atomic E-state index is 5.49. The number of hydrogen-bond acceptors (Lipinski definition) is 4. The first kappa shape index (κ1) is 21.0. The number of hydrogen-bond donors (Lipinski definition) is 2. The Morgan fingerprint density at radius 3 is 2.46 bits per heavy atom. The fraction of sp³-hybridized carbons (Fsp3) is 0.588. The number of guanidine groups is 1. The van der Waals surface area contributed by atoms with Gasteiger partial charge in [0.1, 0.15) is 5.75 Å². The Balaban J connectivity index is 0.00000288. The van der Waals surface area contributed by atoms with Crippen LogP contribution in [0.4, 0.5) is 0 Å². The highest BCUT2D eigenvalue weighted by Crippen LogP contribution is 2.23. The Morgan fingerprint density at radius 2 is 1.92 bits per heavy atom. The Hall–Kier alpha value is -1.06. The Labute approximate surface area is 162 Å². The molecule has 7 heteroatoms. The molecule has 1 aliphatic rings. The smallest absolute Gasteiger partial charge is 0.191 e. The predicted octanol–water partition coefficient (Wildman–Crippen LogP) is 1.87. The summed E-state index contributed by atoms with van der Waals surface area (Å²) in [4.78, 5) is 6.70. The third kappa shape index (κ3) is 6.10. The van der Waals surface area contributed by atoms with Crippen LogP contribution in [0.5, 0.6) is 5.75 Å². The lowest BCUT2D eigenvalue weighted by atomic mass is 10.0. The van der Waals surface area contributed by atoms with Crippen molar-refractivity contribution in [1.29, 1.82) is 0 Å².